The topological polar surface area (TPSA) is 29.5 Å². The lowest BCUT2D eigenvalue weighted by Crippen LogP contribution is -2.30. The molecule has 0 aliphatic carbocycles. The largest absolute Gasteiger partial charge is 0.388 e. The van der Waals surface area contributed by atoms with Crippen molar-refractivity contribution in [3.8, 4) is 0 Å². The molecule has 0 spiro atoms. The van der Waals surface area contributed by atoms with Gasteiger partial charge in [0.2, 0.25) is 0 Å². The minimum atomic E-state index is -0.378. The number of benzene rings is 1. The molecule has 1 saturated heterocycles. The Hall–Kier alpha value is -0.860. The zero-order valence-electron chi connectivity index (χ0n) is 16.4. The molecule has 1 N–H and O–H groups in total. The summed E-state index contributed by atoms with van der Waals surface area (Å²) in [5.41, 5.74) is 2.59. The summed E-state index contributed by atoms with van der Waals surface area (Å²) >= 11 is 0. The lowest BCUT2D eigenvalue weighted by molar-refractivity contribution is -0.0591. The highest BCUT2D eigenvalue weighted by Gasteiger charge is 2.28. The quantitative estimate of drug-likeness (QED) is 0.730. The summed E-state index contributed by atoms with van der Waals surface area (Å²) in [6, 6.07) is 8.60. The molecule has 2 heteroatoms. The molecular formula is C22H36O2. The molecule has 2 rings (SSSR count). The van der Waals surface area contributed by atoms with Gasteiger partial charge in [0.15, 0.2) is 0 Å². The van der Waals surface area contributed by atoms with Gasteiger partial charge in [0.25, 0.3) is 0 Å². The molecule has 0 radical (unpaired) electrons. The molecule has 2 nitrogen and oxygen atoms in total. The Bertz CT molecular complexity index is 495. The first-order valence-corrected chi connectivity index (χ1v) is 9.67. The van der Waals surface area contributed by atoms with Crippen LogP contribution >= 0.6 is 0 Å². The minimum Gasteiger partial charge on any atom is -0.388 e. The van der Waals surface area contributed by atoms with Crippen LogP contribution in [0.1, 0.15) is 84.5 Å². The van der Waals surface area contributed by atoms with Gasteiger partial charge < -0.3 is 9.84 Å². The molecular weight excluding hydrogens is 296 g/mol. The first-order chi connectivity index (χ1) is 11.2. The van der Waals surface area contributed by atoms with Gasteiger partial charge in [-0.1, -0.05) is 52.0 Å². The summed E-state index contributed by atoms with van der Waals surface area (Å²) in [7, 11) is 0. The predicted octanol–water partition coefficient (Wildman–Crippen LogP) is 5.64. The van der Waals surface area contributed by atoms with Gasteiger partial charge in [-0.15, -0.1) is 0 Å². The van der Waals surface area contributed by atoms with Crippen LogP contribution in [0.3, 0.4) is 0 Å². The van der Waals surface area contributed by atoms with Crippen LogP contribution < -0.4 is 0 Å². The monoisotopic (exact) mass is 332 g/mol. The van der Waals surface area contributed by atoms with Crippen LogP contribution in [-0.2, 0) is 10.2 Å². The number of hydrogen-bond acceptors (Lipinski definition) is 2. The number of hydrogen-bond donors (Lipinski definition) is 1. The van der Waals surface area contributed by atoms with Crippen molar-refractivity contribution in [3.05, 3.63) is 35.4 Å². The van der Waals surface area contributed by atoms with Crippen LogP contribution in [0, 0.1) is 11.8 Å². The van der Waals surface area contributed by atoms with Crippen molar-refractivity contribution in [2.75, 3.05) is 0 Å². The van der Waals surface area contributed by atoms with Gasteiger partial charge in [0.1, 0.15) is 0 Å². The van der Waals surface area contributed by atoms with Crippen LogP contribution in [0.2, 0.25) is 0 Å². The summed E-state index contributed by atoms with van der Waals surface area (Å²) in [6.45, 7) is 13.3. The summed E-state index contributed by atoms with van der Waals surface area (Å²) in [5, 5.41) is 10.8. The summed E-state index contributed by atoms with van der Waals surface area (Å²) in [6.07, 6.45) is 4.73. The first kappa shape index (κ1) is 19.5. The average molecular weight is 333 g/mol. The Morgan fingerprint density at radius 1 is 1.12 bits per heavy atom. The summed E-state index contributed by atoms with van der Waals surface area (Å²) in [5.74, 6) is 0.934. The van der Waals surface area contributed by atoms with Gasteiger partial charge in [-0.3, -0.25) is 0 Å². The van der Waals surface area contributed by atoms with E-state index < -0.39 is 0 Å². The van der Waals surface area contributed by atoms with Crippen molar-refractivity contribution < 1.29 is 9.84 Å². The molecule has 1 heterocycles. The zero-order valence-corrected chi connectivity index (χ0v) is 16.4. The molecule has 0 bridgehead atoms. The van der Waals surface area contributed by atoms with Crippen LogP contribution in [-0.4, -0.2) is 17.3 Å². The minimum absolute atomic E-state index is 0.198. The molecule has 1 aliphatic rings. The van der Waals surface area contributed by atoms with E-state index in [-0.39, 0.29) is 17.4 Å². The Balaban J connectivity index is 1.98. The highest BCUT2D eigenvalue weighted by atomic mass is 16.5. The fraction of sp³-hybridized carbons (Fsp3) is 0.727. The second-order valence-electron chi connectivity index (χ2n) is 8.61. The van der Waals surface area contributed by atoms with Crippen molar-refractivity contribution in [1.82, 2.24) is 0 Å². The SMILES string of the molecule is CCC(C)(C)c1ccc([C@H](O)C(C)CC2C[C@@H](C)O[C@@H](C)C2)cc1. The number of ether oxygens (including phenoxy) is 1. The lowest BCUT2D eigenvalue weighted by Gasteiger charge is -2.34. The smallest absolute Gasteiger partial charge is 0.0815 e. The third kappa shape index (κ3) is 4.83. The molecule has 1 fully saturated rings. The van der Waals surface area contributed by atoms with Gasteiger partial charge in [-0.25, -0.2) is 0 Å². The van der Waals surface area contributed by atoms with E-state index in [1.807, 2.05) is 0 Å². The highest BCUT2D eigenvalue weighted by Crippen LogP contribution is 2.35. The van der Waals surface area contributed by atoms with Gasteiger partial charge >= 0.3 is 0 Å². The van der Waals surface area contributed by atoms with Crippen LogP contribution in [0.4, 0.5) is 0 Å². The maximum absolute atomic E-state index is 10.8. The average Bonchev–Trinajstić information content (AvgIpc) is 2.53. The summed E-state index contributed by atoms with van der Waals surface area (Å²) in [4.78, 5) is 0. The van der Waals surface area contributed by atoms with Gasteiger partial charge in [-0.05, 0) is 67.9 Å². The van der Waals surface area contributed by atoms with E-state index in [9.17, 15) is 5.11 Å². The van der Waals surface area contributed by atoms with Crippen molar-refractivity contribution in [3.63, 3.8) is 0 Å². The first-order valence-electron chi connectivity index (χ1n) is 9.67. The lowest BCUT2D eigenvalue weighted by atomic mass is 9.80. The van der Waals surface area contributed by atoms with E-state index in [1.54, 1.807) is 0 Å². The molecule has 0 saturated carbocycles. The third-order valence-corrected chi connectivity index (χ3v) is 5.96. The van der Waals surface area contributed by atoms with E-state index in [0.29, 0.717) is 18.1 Å². The van der Waals surface area contributed by atoms with Gasteiger partial charge in [-0.2, -0.15) is 0 Å². The molecule has 136 valence electrons. The number of rotatable bonds is 6. The normalized spacial score (nSPS) is 27.7. The molecule has 1 aliphatic heterocycles. The second-order valence-corrected chi connectivity index (χ2v) is 8.61. The van der Waals surface area contributed by atoms with E-state index in [2.05, 4.69) is 65.8 Å². The van der Waals surface area contributed by atoms with Crippen molar-refractivity contribution in [2.45, 2.75) is 91.0 Å². The standard InChI is InChI=1S/C22H36O2/c1-7-22(5,6)20-10-8-19(9-11-20)21(23)15(2)12-18-13-16(3)24-17(4)14-18/h8-11,15-18,21,23H,7,12-14H2,1-6H3/t15?,16-,17+,18?,21-/m1/s1. The van der Waals surface area contributed by atoms with Crippen LogP contribution in [0.25, 0.3) is 0 Å². The Morgan fingerprint density at radius 2 is 1.67 bits per heavy atom. The number of aliphatic hydroxyl groups is 1. The molecule has 1 aromatic rings. The molecule has 24 heavy (non-hydrogen) atoms. The number of aliphatic hydroxyl groups excluding tert-OH is 1. The maximum Gasteiger partial charge on any atom is 0.0815 e. The molecule has 2 unspecified atom stereocenters. The van der Waals surface area contributed by atoms with E-state index >= 15 is 0 Å². The Labute approximate surface area is 148 Å². The molecule has 0 amide bonds. The van der Waals surface area contributed by atoms with Crippen molar-refractivity contribution >= 4 is 0 Å². The molecule has 5 atom stereocenters. The fourth-order valence-electron chi connectivity index (χ4n) is 4.05. The van der Waals surface area contributed by atoms with Crippen molar-refractivity contribution in [2.24, 2.45) is 11.8 Å². The van der Waals surface area contributed by atoms with Crippen molar-refractivity contribution in [1.29, 1.82) is 0 Å². The predicted molar refractivity (Wildman–Crippen MR) is 101 cm³/mol. The zero-order chi connectivity index (χ0) is 17.9. The Kier molecular flexibility index (Phi) is 6.50. The molecule has 1 aromatic carbocycles. The maximum atomic E-state index is 10.8. The van der Waals surface area contributed by atoms with E-state index in [0.717, 1.165) is 31.2 Å². The van der Waals surface area contributed by atoms with Gasteiger partial charge in [0.05, 0.1) is 18.3 Å². The van der Waals surface area contributed by atoms with E-state index in [1.165, 1.54) is 5.56 Å². The summed E-state index contributed by atoms with van der Waals surface area (Å²) < 4.78 is 5.84. The second kappa shape index (κ2) is 8.01. The van der Waals surface area contributed by atoms with Gasteiger partial charge in [0, 0.05) is 0 Å². The highest BCUT2D eigenvalue weighted by molar-refractivity contribution is 5.29. The fourth-order valence-corrected chi connectivity index (χ4v) is 4.05. The molecule has 0 aromatic heterocycles. The van der Waals surface area contributed by atoms with E-state index in [4.69, 9.17) is 4.74 Å². The van der Waals surface area contributed by atoms with Crippen LogP contribution in [0.5, 0.6) is 0 Å². The third-order valence-electron chi connectivity index (χ3n) is 5.96. The Morgan fingerprint density at radius 3 is 2.17 bits per heavy atom. The van der Waals surface area contributed by atoms with Crippen LogP contribution in [0.15, 0.2) is 24.3 Å².